The molecule has 0 radical (unpaired) electrons. The Bertz CT molecular complexity index is 123. The van der Waals surface area contributed by atoms with Crippen LogP contribution in [0.1, 0.15) is 19.8 Å². The van der Waals surface area contributed by atoms with Crippen LogP contribution in [0.2, 0.25) is 0 Å². The third-order valence-corrected chi connectivity index (χ3v) is 0.842. The molecule has 0 aliphatic heterocycles. The number of aliphatic hydroxyl groups excluding tert-OH is 1. The van der Waals surface area contributed by atoms with Gasteiger partial charge < -0.3 is 5.11 Å². The Morgan fingerprint density at radius 3 is 3.00 bits per heavy atom. The zero-order valence-electron chi connectivity index (χ0n) is 6.00. The van der Waals surface area contributed by atoms with E-state index >= 15 is 0 Å². The second-order valence-electron chi connectivity index (χ2n) is 1.79. The first kappa shape index (κ1) is 9.10. The molecular formula is C6H12N2O2. The number of hydrogen-bond donors (Lipinski definition) is 2. The van der Waals surface area contributed by atoms with Gasteiger partial charge in [0.15, 0.2) is 0 Å². The van der Waals surface area contributed by atoms with Crippen molar-refractivity contribution >= 4 is 12.1 Å². The largest absolute Gasteiger partial charge is 0.386 e. The van der Waals surface area contributed by atoms with E-state index in [1.54, 1.807) is 6.21 Å². The minimum Gasteiger partial charge on any atom is -0.386 e. The van der Waals surface area contributed by atoms with Gasteiger partial charge in [0.05, 0.1) is 0 Å². The van der Waals surface area contributed by atoms with Crippen molar-refractivity contribution in [2.75, 3.05) is 6.61 Å². The van der Waals surface area contributed by atoms with Gasteiger partial charge in [0.25, 0.3) is 5.91 Å². The lowest BCUT2D eigenvalue weighted by Gasteiger charge is -1.91. The molecule has 0 spiro atoms. The number of unbranched alkanes of at least 4 members (excludes halogenated alkanes) is 1. The van der Waals surface area contributed by atoms with Crippen LogP contribution in [0.4, 0.5) is 0 Å². The van der Waals surface area contributed by atoms with Crippen molar-refractivity contribution in [3.63, 3.8) is 0 Å². The molecule has 0 aromatic carbocycles. The minimum atomic E-state index is -0.510. The maximum absolute atomic E-state index is 10.3. The summed E-state index contributed by atoms with van der Waals surface area (Å²) in [7, 11) is 0. The van der Waals surface area contributed by atoms with Crippen molar-refractivity contribution in [2.45, 2.75) is 19.8 Å². The quantitative estimate of drug-likeness (QED) is 0.427. The van der Waals surface area contributed by atoms with Crippen molar-refractivity contribution in [2.24, 2.45) is 5.10 Å². The van der Waals surface area contributed by atoms with Gasteiger partial charge in [-0.15, -0.1) is 0 Å². The first-order chi connectivity index (χ1) is 4.81. The molecule has 0 rings (SSSR count). The fraction of sp³-hybridized carbons (Fsp3) is 0.667. The Balaban J connectivity index is 3.25. The van der Waals surface area contributed by atoms with Crippen molar-refractivity contribution in [3.8, 4) is 0 Å². The summed E-state index contributed by atoms with van der Waals surface area (Å²) in [5, 5.41) is 11.8. The molecule has 0 heterocycles. The van der Waals surface area contributed by atoms with E-state index < -0.39 is 12.5 Å². The number of carbonyl (C=O) groups excluding carboxylic acids is 1. The number of nitrogens with one attached hydrogen (secondary N) is 1. The van der Waals surface area contributed by atoms with Crippen LogP contribution in [0.5, 0.6) is 0 Å². The van der Waals surface area contributed by atoms with Gasteiger partial charge in [-0.1, -0.05) is 13.3 Å². The number of nitrogens with zero attached hydrogens (tertiary/aromatic N) is 1. The molecule has 0 saturated carbocycles. The number of hydrogen-bond acceptors (Lipinski definition) is 3. The Hall–Kier alpha value is -0.900. The number of aliphatic hydroxyl groups is 1. The van der Waals surface area contributed by atoms with E-state index in [1.165, 1.54) is 0 Å². The number of carbonyl (C=O) groups is 1. The summed E-state index contributed by atoms with van der Waals surface area (Å²) in [6.45, 7) is 1.50. The molecule has 4 heteroatoms. The normalized spacial score (nSPS) is 10.2. The summed E-state index contributed by atoms with van der Waals surface area (Å²) < 4.78 is 0. The standard InChI is InChI=1S/C6H12N2O2/c1-2-3-4-7-8-6(10)5-9/h4,9H,2-3,5H2,1H3,(H,8,10)/b7-4+. The second-order valence-corrected chi connectivity index (χ2v) is 1.79. The first-order valence-corrected chi connectivity index (χ1v) is 3.22. The topological polar surface area (TPSA) is 61.7 Å². The van der Waals surface area contributed by atoms with E-state index in [-0.39, 0.29) is 0 Å². The molecule has 0 aromatic heterocycles. The molecule has 4 nitrogen and oxygen atoms in total. The highest BCUT2D eigenvalue weighted by Gasteiger charge is 1.90. The molecule has 2 N–H and O–H groups in total. The van der Waals surface area contributed by atoms with Crippen LogP contribution in [-0.4, -0.2) is 23.8 Å². The molecule has 0 unspecified atom stereocenters. The first-order valence-electron chi connectivity index (χ1n) is 3.22. The highest BCUT2D eigenvalue weighted by molar-refractivity contribution is 5.77. The third-order valence-electron chi connectivity index (χ3n) is 0.842. The van der Waals surface area contributed by atoms with Crippen LogP contribution in [0.15, 0.2) is 5.10 Å². The maximum atomic E-state index is 10.3. The fourth-order valence-corrected chi connectivity index (χ4v) is 0.347. The predicted molar refractivity (Wildman–Crippen MR) is 38.6 cm³/mol. The average molecular weight is 144 g/mol. The number of amides is 1. The summed E-state index contributed by atoms with van der Waals surface area (Å²) in [6, 6.07) is 0. The average Bonchev–Trinajstić information content (AvgIpc) is 1.98. The monoisotopic (exact) mass is 144 g/mol. The van der Waals surface area contributed by atoms with E-state index in [1.807, 2.05) is 6.92 Å². The van der Waals surface area contributed by atoms with Crippen LogP contribution in [0.3, 0.4) is 0 Å². The lowest BCUT2D eigenvalue weighted by Crippen LogP contribution is -2.20. The Labute approximate surface area is 59.9 Å². The van der Waals surface area contributed by atoms with Crippen molar-refractivity contribution in [1.82, 2.24) is 5.43 Å². The molecule has 0 aliphatic rings. The Kier molecular flexibility index (Phi) is 5.66. The van der Waals surface area contributed by atoms with E-state index in [2.05, 4.69) is 10.5 Å². The molecule has 1 amide bonds. The van der Waals surface area contributed by atoms with Crippen molar-refractivity contribution in [1.29, 1.82) is 0 Å². The van der Waals surface area contributed by atoms with E-state index in [9.17, 15) is 4.79 Å². The van der Waals surface area contributed by atoms with Crippen LogP contribution in [0.25, 0.3) is 0 Å². The van der Waals surface area contributed by atoms with Crippen molar-refractivity contribution < 1.29 is 9.90 Å². The summed E-state index contributed by atoms with van der Waals surface area (Å²) in [5.74, 6) is -0.479. The summed E-state index contributed by atoms with van der Waals surface area (Å²) in [6.07, 6.45) is 3.44. The third kappa shape index (κ3) is 5.24. The van der Waals surface area contributed by atoms with Gasteiger partial charge in [-0.25, -0.2) is 5.43 Å². The van der Waals surface area contributed by atoms with Gasteiger partial charge in [-0.2, -0.15) is 5.10 Å². The highest BCUT2D eigenvalue weighted by Crippen LogP contribution is 1.78. The number of rotatable bonds is 4. The predicted octanol–water partition coefficient (Wildman–Crippen LogP) is -0.119. The molecule has 0 atom stereocenters. The zero-order valence-corrected chi connectivity index (χ0v) is 6.00. The van der Waals surface area contributed by atoms with Crippen molar-refractivity contribution in [3.05, 3.63) is 0 Å². The fourth-order valence-electron chi connectivity index (χ4n) is 0.347. The smallest absolute Gasteiger partial charge is 0.265 e. The SMILES string of the molecule is CCC/C=N/NC(=O)CO. The molecule has 0 aromatic rings. The molecule has 0 saturated heterocycles. The summed E-state index contributed by atoms with van der Waals surface area (Å²) in [5.41, 5.74) is 2.15. The van der Waals surface area contributed by atoms with E-state index in [0.717, 1.165) is 12.8 Å². The number of hydrazone groups is 1. The van der Waals surface area contributed by atoms with E-state index in [0.29, 0.717) is 0 Å². The summed E-state index contributed by atoms with van der Waals surface area (Å²) >= 11 is 0. The van der Waals surface area contributed by atoms with Gasteiger partial charge in [0.1, 0.15) is 6.61 Å². The maximum Gasteiger partial charge on any atom is 0.265 e. The Morgan fingerprint density at radius 1 is 1.80 bits per heavy atom. The van der Waals surface area contributed by atoms with Gasteiger partial charge in [0, 0.05) is 6.21 Å². The second kappa shape index (κ2) is 6.22. The van der Waals surface area contributed by atoms with E-state index in [4.69, 9.17) is 5.11 Å². The molecule has 10 heavy (non-hydrogen) atoms. The summed E-state index contributed by atoms with van der Waals surface area (Å²) in [4.78, 5) is 10.3. The zero-order chi connectivity index (χ0) is 7.82. The molecule has 0 bridgehead atoms. The van der Waals surface area contributed by atoms with Gasteiger partial charge in [0.2, 0.25) is 0 Å². The highest BCUT2D eigenvalue weighted by atomic mass is 16.3. The van der Waals surface area contributed by atoms with Crippen LogP contribution >= 0.6 is 0 Å². The molecule has 0 aliphatic carbocycles. The molecule has 0 fully saturated rings. The Morgan fingerprint density at radius 2 is 2.50 bits per heavy atom. The van der Waals surface area contributed by atoms with Gasteiger partial charge >= 0.3 is 0 Å². The van der Waals surface area contributed by atoms with Crippen LogP contribution in [0, 0.1) is 0 Å². The lowest BCUT2D eigenvalue weighted by molar-refractivity contribution is -0.123. The molecule has 58 valence electrons. The van der Waals surface area contributed by atoms with Gasteiger partial charge in [-0.05, 0) is 6.42 Å². The van der Waals surface area contributed by atoms with Gasteiger partial charge in [-0.3, -0.25) is 4.79 Å². The minimum absolute atomic E-state index is 0.479. The molecular weight excluding hydrogens is 132 g/mol. The lowest BCUT2D eigenvalue weighted by atomic mass is 10.4. The van der Waals surface area contributed by atoms with Crippen LogP contribution < -0.4 is 5.43 Å². The van der Waals surface area contributed by atoms with Crippen LogP contribution in [-0.2, 0) is 4.79 Å².